The van der Waals surface area contributed by atoms with Crippen molar-refractivity contribution >= 4 is 10.0 Å². The van der Waals surface area contributed by atoms with Crippen LogP contribution in [0, 0.1) is 0 Å². The van der Waals surface area contributed by atoms with E-state index in [-0.39, 0.29) is 6.04 Å². The summed E-state index contributed by atoms with van der Waals surface area (Å²) in [7, 11) is -3.40. The smallest absolute Gasteiger partial charge is 0.260 e. The lowest BCUT2D eigenvalue weighted by molar-refractivity contribution is 0.463. The Bertz CT molecular complexity index is 537. The van der Waals surface area contributed by atoms with E-state index in [9.17, 15) is 8.42 Å². The number of imidazole rings is 1. The predicted molar refractivity (Wildman–Crippen MR) is 61.9 cm³/mol. The number of aryl methyl sites for hydroxylation is 1. The fourth-order valence-corrected chi connectivity index (χ4v) is 4.20. The van der Waals surface area contributed by atoms with Crippen molar-refractivity contribution in [2.45, 2.75) is 36.9 Å². The molecule has 0 spiro atoms. The highest BCUT2D eigenvalue weighted by Crippen LogP contribution is 2.24. The molecule has 0 radical (unpaired) electrons. The largest absolute Gasteiger partial charge is 0.326 e. The lowest BCUT2D eigenvalue weighted by Gasteiger charge is -2.16. The zero-order chi connectivity index (χ0) is 12.0. The third kappa shape index (κ3) is 1.69. The molecule has 3 heterocycles. The van der Waals surface area contributed by atoms with E-state index in [0.29, 0.717) is 18.1 Å². The topological polar surface area (TPSA) is 81.2 Å². The zero-order valence-corrected chi connectivity index (χ0v) is 10.4. The molecular weight excluding hydrogens is 240 g/mol. The molecule has 1 unspecified atom stereocenters. The van der Waals surface area contributed by atoms with Crippen LogP contribution in [0.2, 0.25) is 0 Å². The summed E-state index contributed by atoms with van der Waals surface area (Å²) in [5.74, 6) is 0.882. The van der Waals surface area contributed by atoms with E-state index >= 15 is 0 Å². The number of fused-ring (bicyclic) bond motifs is 1. The zero-order valence-electron chi connectivity index (χ0n) is 9.54. The second-order valence-corrected chi connectivity index (χ2v) is 6.56. The molecule has 1 aromatic rings. The van der Waals surface area contributed by atoms with Crippen molar-refractivity contribution < 1.29 is 8.42 Å². The van der Waals surface area contributed by atoms with E-state index in [0.717, 1.165) is 31.6 Å². The van der Waals surface area contributed by atoms with Crippen LogP contribution in [-0.2, 0) is 23.0 Å². The Morgan fingerprint density at radius 1 is 1.41 bits per heavy atom. The fourth-order valence-electron chi connectivity index (χ4n) is 2.54. The first-order chi connectivity index (χ1) is 8.09. The third-order valence-electron chi connectivity index (χ3n) is 3.48. The number of nitrogens with zero attached hydrogens (tertiary/aromatic N) is 3. The molecule has 3 rings (SSSR count). The van der Waals surface area contributed by atoms with Crippen LogP contribution in [0.5, 0.6) is 0 Å². The van der Waals surface area contributed by atoms with Crippen LogP contribution >= 0.6 is 0 Å². The van der Waals surface area contributed by atoms with Crippen molar-refractivity contribution in [3.05, 3.63) is 12.0 Å². The van der Waals surface area contributed by atoms with Crippen LogP contribution in [0.25, 0.3) is 0 Å². The van der Waals surface area contributed by atoms with Gasteiger partial charge in [-0.05, 0) is 12.8 Å². The van der Waals surface area contributed by atoms with Crippen molar-refractivity contribution in [3.8, 4) is 0 Å². The van der Waals surface area contributed by atoms with Crippen LogP contribution < -0.4 is 5.73 Å². The van der Waals surface area contributed by atoms with Crippen LogP contribution in [0.3, 0.4) is 0 Å². The average Bonchev–Trinajstić information content (AvgIpc) is 2.89. The van der Waals surface area contributed by atoms with Gasteiger partial charge in [-0.2, -0.15) is 4.31 Å². The minimum atomic E-state index is -3.40. The number of hydrogen-bond donors (Lipinski definition) is 1. The molecule has 0 bridgehead atoms. The van der Waals surface area contributed by atoms with Gasteiger partial charge in [0.05, 0.1) is 6.20 Å². The Morgan fingerprint density at radius 3 is 2.94 bits per heavy atom. The molecule has 0 saturated carbocycles. The quantitative estimate of drug-likeness (QED) is 0.777. The fraction of sp³-hybridized carbons (Fsp3) is 0.700. The van der Waals surface area contributed by atoms with Crippen LogP contribution in [0.4, 0.5) is 0 Å². The Morgan fingerprint density at radius 2 is 2.24 bits per heavy atom. The van der Waals surface area contributed by atoms with Crippen molar-refractivity contribution in [1.82, 2.24) is 13.9 Å². The van der Waals surface area contributed by atoms with Gasteiger partial charge in [-0.25, -0.2) is 13.4 Å². The SMILES string of the molecule is NC1CCN(S(=O)(=O)c2cnc3n2CCC3)C1. The van der Waals surface area contributed by atoms with Gasteiger partial charge in [-0.3, -0.25) is 0 Å². The third-order valence-corrected chi connectivity index (χ3v) is 5.34. The Labute approximate surface area is 100 Å². The molecule has 0 amide bonds. The number of aromatic nitrogens is 2. The van der Waals surface area contributed by atoms with Gasteiger partial charge in [0.25, 0.3) is 10.0 Å². The van der Waals surface area contributed by atoms with Crippen molar-refractivity contribution in [2.75, 3.05) is 13.1 Å². The molecule has 2 aliphatic heterocycles. The average molecular weight is 256 g/mol. The summed E-state index contributed by atoms with van der Waals surface area (Å²) in [6.45, 7) is 1.69. The van der Waals surface area contributed by atoms with Crippen LogP contribution in [0.1, 0.15) is 18.7 Å². The molecule has 6 nitrogen and oxygen atoms in total. The number of rotatable bonds is 2. The highest BCUT2D eigenvalue weighted by Gasteiger charge is 2.34. The summed E-state index contributed by atoms with van der Waals surface area (Å²) in [5.41, 5.74) is 5.76. The molecule has 0 aliphatic carbocycles. The monoisotopic (exact) mass is 256 g/mol. The highest BCUT2D eigenvalue weighted by atomic mass is 32.2. The molecule has 2 N–H and O–H groups in total. The van der Waals surface area contributed by atoms with Gasteiger partial charge >= 0.3 is 0 Å². The molecule has 17 heavy (non-hydrogen) atoms. The van der Waals surface area contributed by atoms with Gasteiger partial charge in [-0.15, -0.1) is 0 Å². The van der Waals surface area contributed by atoms with Gasteiger partial charge in [0.1, 0.15) is 5.82 Å². The summed E-state index contributed by atoms with van der Waals surface area (Å²) >= 11 is 0. The van der Waals surface area contributed by atoms with Crippen LogP contribution in [-0.4, -0.2) is 41.4 Å². The Kier molecular flexibility index (Phi) is 2.49. The van der Waals surface area contributed by atoms with E-state index in [1.165, 1.54) is 10.5 Å². The molecule has 1 aromatic heterocycles. The molecule has 1 fully saturated rings. The van der Waals surface area contributed by atoms with Gasteiger partial charge in [0, 0.05) is 32.1 Å². The van der Waals surface area contributed by atoms with Crippen molar-refractivity contribution in [2.24, 2.45) is 5.73 Å². The van der Waals surface area contributed by atoms with Gasteiger partial charge in [0.15, 0.2) is 5.03 Å². The Balaban J connectivity index is 1.97. The molecule has 1 saturated heterocycles. The Hall–Kier alpha value is -0.920. The molecule has 1 atom stereocenters. The first kappa shape index (κ1) is 11.2. The second-order valence-electron chi connectivity index (χ2n) is 4.68. The van der Waals surface area contributed by atoms with Gasteiger partial charge in [-0.1, -0.05) is 0 Å². The first-order valence-corrected chi connectivity index (χ1v) is 7.33. The maximum Gasteiger partial charge on any atom is 0.260 e. The number of hydrogen-bond acceptors (Lipinski definition) is 4. The summed E-state index contributed by atoms with van der Waals surface area (Å²) in [5, 5.41) is 0.333. The maximum absolute atomic E-state index is 12.4. The highest BCUT2D eigenvalue weighted by molar-refractivity contribution is 7.89. The standard InChI is InChI=1S/C10H16N4O2S/c11-8-3-5-13(7-8)17(15,16)10-6-12-9-2-1-4-14(9)10/h6,8H,1-5,7,11H2. The summed E-state index contributed by atoms with van der Waals surface area (Å²) in [6.07, 6.45) is 4.06. The molecule has 94 valence electrons. The van der Waals surface area contributed by atoms with Gasteiger partial charge < -0.3 is 10.3 Å². The van der Waals surface area contributed by atoms with E-state index in [4.69, 9.17) is 5.73 Å². The van der Waals surface area contributed by atoms with E-state index < -0.39 is 10.0 Å². The van der Waals surface area contributed by atoms with Crippen molar-refractivity contribution in [3.63, 3.8) is 0 Å². The minimum absolute atomic E-state index is 0.0363. The van der Waals surface area contributed by atoms with Gasteiger partial charge in [0.2, 0.25) is 0 Å². The van der Waals surface area contributed by atoms with Crippen LogP contribution in [0.15, 0.2) is 11.2 Å². The molecule has 0 aromatic carbocycles. The number of sulfonamides is 1. The summed E-state index contributed by atoms with van der Waals surface area (Å²) in [4.78, 5) is 4.18. The molecule has 2 aliphatic rings. The normalized spacial score (nSPS) is 25.4. The molecular formula is C10H16N4O2S. The lowest BCUT2D eigenvalue weighted by Crippen LogP contribution is -2.33. The first-order valence-electron chi connectivity index (χ1n) is 5.89. The molecule has 7 heteroatoms. The minimum Gasteiger partial charge on any atom is -0.326 e. The summed E-state index contributed by atoms with van der Waals surface area (Å²) < 4.78 is 28.1. The number of nitrogens with two attached hydrogens (primary N) is 1. The lowest BCUT2D eigenvalue weighted by atomic mass is 10.3. The predicted octanol–water partition coefficient (Wildman–Crippen LogP) is -0.449. The van der Waals surface area contributed by atoms with E-state index in [1.54, 1.807) is 0 Å². The summed E-state index contributed by atoms with van der Waals surface area (Å²) in [6, 6.07) is -0.0363. The van der Waals surface area contributed by atoms with E-state index in [1.807, 2.05) is 4.57 Å². The van der Waals surface area contributed by atoms with Crippen molar-refractivity contribution in [1.29, 1.82) is 0 Å². The second kappa shape index (κ2) is 3.79. The maximum atomic E-state index is 12.4. The van der Waals surface area contributed by atoms with E-state index in [2.05, 4.69) is 4.98 Å².